The summed E-state index contributed by atoms with van der Waals surface area (Å²) in [4.78, 5) is 32.1. The number of benzene rings is 2. The first-order valence-corrected chi connectivity index (χ1v) is 9.79. The molecule has 2 aromatic carbocycles. The van der Waals surface area contributed by atoms with E-state index in [4.69, 9.17) is 4.74 Å². The van der Waals surface area contributed by atoms with E-state index in [9.17, 15) is 9.59 Å². The van der Waals surface area contributed by atoms with E-state index in [2.05, 4.69) is 17.1 Å². The van der Waals surface area contributed by atoms with E-state index in [-0.39, 0.29) is 17.7 Å². The lowest BCUT2D eigenvalue weighted by Crippen LogP contribution is -3.06. The van der Waals surface area contributed by atoms with Gasteiger partial charge in [-0.1, -0.05) is 30.3 Å². The van der Waals surface area contributed by atoms with Gasteiger partial charge in [0.15, 0.2) is 5.43 Å². The highest BCUT2D eigenvalue weighted by molar-refractivity contribution is 5.93. The van der Waals surface area contributed by atoms with Crippen molar-refractivity contribution in [1.29, 1.82) is 0 Å². The largest absolute Gasteiger partial charge is 0.461 e. The number of aromatic amines is 1. The van der Waals surface area contributed by atoms with Crippen LogP contribution >= 0.6 is 0 Å². The molecular weight excluding hydrogens is 366 g/mol. The van der Waals surface area contributed by atoms with E-state index in [0.717, 1.165) is 17.1 Å². The lowest BCUT2D eigenvalue weighted by Gasteiger charge is -2.17. The third-order valence-electron chi connectivity index (χ3n) is 4.91. The van der Waals surface area contributed by atoms with Crippen molar-refractivity contribution in [2.24, 2.45) is 0 Å². The minimum absolute atomic E-state index is 0.127. The van der Waals surface area contributed by atoms with E-state index >= 15 is 0 Å². The Bertz CT molecular complexity index is 1060. The van der Waals surface area contributed by atoms with Crippen molar-refractivity contribution >= 4 is 22.6 Å². The van der Waals surface area contributed by atoms with Gasteiger partial charge in [-0.15, -0.1) is 0 Å². The summed E-state index contributed by atoms with van der Waals surface area (Å²) in [7, 11) is 5.88. The van der Waals surface area contributed by atoms with Gasteiger partial charge in [-0.2, -0.15) is 0 Å². The van der Waals surface area contributed by atoms with Crippen molar-refractivity contribution in [2.45, 2.75) is 20.0 Å². The summed E-state index contributed by atoms with van der Waals surface area (Å²) in [5, 5.41) is 0.576. The van der Waals surface area contributed by atoms with Crippen LogP contribution in [0.3, 0.4) is 0 Å². The molecule has 6 heteroatoms. The Kier molecular flexibility index (Phi) is 6.34. The Hall–Kier alpha value is -3.12. The van der Waals surface area contributed by atoms with Crippen LogP contribution in [0.15, 0.2) is 53.3 Å². The van der Waals surface area contributed by atoms with Crippen molar-refractivity contribution in [2.75, 3.05) is 32.6 Å². The zero-order valence-electron chi connectivity index (χ0n) is 17.4. The van der Waals surface area contributed by atoms with E-state index in [1.165, 1.54) is 5.56 Å². The topological polar surface area (TPSA) is 66.8 Å². The first-order valence-electron chi connectivity index (χ1n) is 9.79. The second-order valence-corrected chi connectivity index (χ2v) is 7.45. The zero-order valence-corrected chi connectivity index (χ0v) is 17.4. The number of pyridine rings is 1. The van der Waals surface area contributed by atoms with E-state index in [1.54, 1.807) is 6.92 Å². The number of quaternary nitrogens is 1. The molecule has 0 aliphatic rings. The number of aromatic nitrogens is 1. The van der Waals surface area contributed by atoms with Crippen molar-refractivity contribution in [1.82, 2.24) is 4.98 Å². The number of rotatable bonds is 7. The molecule has 3 rings (SSSR count). The van der Waals surface area contributed by atoms with Gasteiger partial charge in [-0.3, -0.25) is 4.79 Å². The molecule has 29 heavy (non-hydrogen) atoms. The van der Waals surface area contributed by atoms with Crippen LogP contribution in [-0.2, 0) is 17.8 Å². The fourth-order valence-corrected chi connectivity index (χ4v) is 3.45. The minimum atomic E-state index is -0.495. The van der Waals surface area contributed by atoms with Crippen LogP contribution in [0.25, 0.3) is 10.9 Å². The van der Waals surface area contributed by atoms with Gasteiger partial charge >= 0.3 is 5.97 Å². The number of hydrogen-bond donors (Lipinski definition) is 2. The number of H-pyrrole nitrogens is 1. The van der Waals surface area contributed by atoms with Gasteiger partial charge in [0.1, 0.15) is 18.8 Å². The Morgan fingerprint density at radius 1 is 1.10 bits per heavy atom. The maximum absolute atomic E-state index is 13.4. The maximum atomic E-state index is 13.4. The van der Waals surface area contributed by atoms with E-state index in [1.807, 2.05) is 62.4 Å². The molecule has 2 N–H and O–H groups in total. The molecule has 0 aliphatic heterocycles. The highest BCUT2D eigenvalue weighted by Crippen LogP contribution is 2.19. The number of anilines is 1. The van der Waals surface area contributed by atoms with Crippen LogP contribution in [-0.4, -0.2) is 38.7 Å². The summed E-state index contributed by atoms with van der Waals surface area (Å²) in [5.41, 5.74) is 3.32. The number of ether oxygens (including phenoxy) is 1. The molecule has 0 amide bonds. The summed E-state index contributed by atoms with van der Waals surface area (Å²) in [6.45, 7) is 3.18. The minimum Gasteiger partial charge on any atom is -0.461 e. The van der Waals surface area contributed by atoms with E-state index < -0.39 is 5.97 Å². The lowest BCUT2D eigenvalue weighted by atomic mass is 10.1. The van der Waals surface area contributed by atoms with Gasteiger partial charge in [0, 0.05) is 30.7 Å². The molecule has 152 valence electrons. The number of nitrogens with one attached hydrogen (secondary N) is 2. The molecule has 0 fully saturated rings. The third-order valence-corrected chi connectivity index (χ3v) is 4.91. The number of esters is 1. The molecule has 6 nitrogen and oxygen atoms in total. The summed E-state index contributed by atoms with van der Waals surface area (Å²) >= 11 is 0. The molecule has 1 aromatic heterocycles. The predicted octanol–water partition coefficient (Wildman–Crippen LogP) is 1.99. The number of carbonyl (C=O) groups is 1. The van der Waals surface area contributed by atoms with Crippen LogP contribution in [0.4, 0.5) is 5.69 Å². The molecule has 0 saturated heterocycles. The predicted molar refractivity (Wildman–Crippen MR) is 116 cm³/mol. The van der Waals surface area contributed by atoms with Gasteiger partial charge in [-0.25, -0.2) is 4.79 Å². The van der Waals surface area contributed by atoms with Crippen molar-refractivity contribution in [3.05, 3.63) is 75.6 Å². The normalized spacial score (nSPS) is 12.0. The Balaban J connectivity index is 2.05. The van der Waals surface area contributed by atoms with Crippen molar-refractivity contribution < 1.29 is 14.4 Å². The van der Waals surface area contributed by atoms with Gasteiger partial charge in [0.05, 0.1) is 24.7 Å². The number of carbonyl (C=O) groups excluding carboxylic acids is 1. The smallest absolute Gasteiger partial charge is 0.355 e. The molecule has 0 aliphatic carbocycles. The molecule has 1 heterocycles. The van der Waals surface area contributed by atoms with Gasteiger partial charge in [-0.05, 0) is 25.1 Å². The molecular formula is C23H28N3O3+. The van der Waals surface area contributed by atoms with Crippen molar-refractivity contribution in [3.63, 3.8) is 0 Å². The molecule has 1 atom stereocenters. The first-order chi connectivity index (χ1) is 13.9. The molecule has 0 bridgehead atoms. The molecule has 0 saturated carbocycles. The lowest BCUT2D eigenvalue weighted by molar-refractivity contribution is -0.907. The van der Waals surface area contributed by atoms with Crippen LogP contribution < -0.4 is 15.2 Å². The zero-order chi connectivity index (χ0) is 21.0. The monoisotopic (exact) mass is 394 g/mol. The summed E-state index contributed by atoms with van der Waals surface area (Å²) in [6.07, 6.45) is 0. The Morgan fingerprint density at radius 2 is 1.83 bits per heavy atom. The number of nitrogens with zero attached hydrogens (tertiary/aromatic N) is 1. The number of fused-ring (bicyclic) bond motifs is 1. The fraction of sp³-hybridized carbons (Fsp3) is 0.304. The SMILES string of the molecule is CCOC(=O)c1[nH]c2ccc(N(C)C)cc2c(=O)c1C[NH+](C)Cc1ccccc1. The van der Waals surface area contributed by atoms with Crippen molar-refractivity contribution in [3.8, 4) is 0 Å². The van der Waals surface area contributed by atoms with Crippen LogP contribution in [0, 0.1) is 0 Å². The third kappa shape index (κ3) is 4.66. The van der Waals surface area contributed by atoms with Gasteiger partial charge < -0.3 is 19.5 Å². The van der Waals surface area contributed by atoms with Crippen LogP contribution in [0.5, 0.6) is 0 Å². The van der Waals surface area contributed by atoms with Crippen LogP contribution in [0.2, 0.25) is 0 Å². The van der Waals surface area contributed by atoms with Crippen LogP contribution in [0.1, 0.15) is 28.5 Å². The maximum Gasteiger partial charge on any atom is 0.355 e. The summed E-state index contributed by atoms with van der Waals surface area (Å²) < 4.78 is 5.21. The fourth-order valence-electron chi connectivity index (χ4n) is 3.45. The summed E-state index contributed by atoms with van der Waals surface area (Å²) in [5.74, 6) is -0.495. The highest BCUT2D eigenvalue weighted by atomic mass is 16.5. The quantitative estimate of drug-likeness (QED) is 0.602. The first kappa shape index (κ1) is 20.6. The van der Waals surface area contributed by atoms with Gasteiger partial charge in [0.25, 0.3) is 0 Å². The Morgan fingerprint density at radius 3 is 2.48 bits per heavy atom. The molecule has 0 radical (unpaired) electrons. The standard InChI is InChI=1S/C23H27N3O3/c1-5-29-23(28)21-19(15-26(4)14-16-9-7-6-8-10-16)22(27)18-13-17(25(2)3)11-12-20(18)24-21/h6-13H,5,14-15H2,1-4H3,(H,24,27)/p+1. The highest BCUT2D eigenvalue weighted by Gasteiger charge is 2.22. The summed E-state index contributed by atoms with van der Waals surface area (Å²) in [6, 6.07) is 15.7. The molecule has 0 spiro atoms. The average Bonchev–Trinajstić information content (AvgIpc) is 2.70. The number of hydrogen-bond acceptors (Lipinski definition) is 4. The second kappa shape index (κ2) is 8.92. The Labute approximate surface area is 170 Å². The van der Waals surface area contributed by atoms with Gasteiger partial charge in [0.2, 0.25) is 0 Å². The molecule has 3 aromatic rings. The van der Waals surface area contributed by atoms with E-state index in [0.29, 0.717) is 23.0 Å². The second-order valence-electron chi connectivity index (χ2n) is 7.45. The molecule has 1 unspecified atom stereocenters. The average molecular weight is 394 g/mol.